The van der Waals surface area contributed by atoms with Crippen LogP contribution in [0.15, 0.2) is 35.1 Å². The summed E-state index contributed by atoms with van der Waals surface area (Å²) in [7, 11) is 0. The summed E-state index contributed by atoms with van der Waals surface area (Å²) in [6.45, 7) is 0. The van der Waals surface area contributed by atoms with E-state index in [1.807, 2.05) is 6.20 Å². The van der Waals surface area contributed by atoms with Gasteiger partial charge in [0.2, 0.25) is 0 Å². The van der Waals surface area contributed by atoms with E-state index in [1.54, 1.807) is 6.20 Å². The first-order chi connectivity index (χ1) is 6.33. The van der Waals surface area contributed by atoms with Crippen molar-refractivity contribution in [2.45, 2.75) is 12.8 Å². The van der Waals surface area contributed by atoms with Crippen molar-refractivity contribution in [2.75, 3.05) is 5.88 Å². The maximum Gasteiger partial charge on any atom is 0.0410 e. The molecule has 70 valence electrons. The van der Waals surface area contributed by atoms with Gasteiger partial charge in [-0.3, -0.25) is 4.98 Å². The predicted octanol–water partition coefficient (Wildman–Crippen LogP) is 3.57. The van der Waals surface area contributed by atoms with Gasteiger partial charge in [-0.05, 0) is 40.4 Å². The monoisotopic (exact) mass is 259 g/mol. The highest BCUT2D eigenvalue weighted by Gasteiger charge is 1.90. The number of nitrogens with zero attached hydrogens (tertiary/aromatic N) is 1. The Hall–Kier alpha value is -0.340. The van der Waals surface area contributed by atoms with E-state index in [-0.39, 0.29) is 0 Å². The van der Waals surface area contributed by atoms with Crippen LogP contribution in [0, 0.1) is 0 Å². The second kappa shape index (κ2) is 6.17. The van der Waals surface area contributed by atoms with Crippen LogP contribution in [0.5, 0.6) is 0 Å². The van der Waals surface area contributed by atoms with Gasteiger partial charge in [0.1, 0.15) is 0 Å². The summed E-state index contributed by atoms with van der Waals surface area (Å²) in [4.78, 5) is 4.08. The van der Waals surface area contributed by atoms with Gasteiger partial charge in [-0.2, -0.15) is 0 Å². The van der Waals surface area contributed by atoms with Crippen molar-refractivity contribution in [2.24, 2.45) is 0 Å². The molecule has 3 heteroatoms. The average Bonchev–Trinajstić information content (AvgIpc) is 2.13. The Morgan fingerprint density at radius 2 is 2.23 bits per heavy atom. The molecule has 0 amide bonds. The Kier molecular flexibility index (Phi) is 5.09. The zero-order valence-electron chi connectivity index (χ0n) is 7.21. The summed E-state index contributed by atoms with van der Waals surface area (Å²) in [6.07, 6.45) is 9.72. The number of hydrogen-bond donors (Lipinski definition) is 0. The first kappa shape index (κ1) is 10.7. The van der Waals surface area contributed by atoms with Crippen LogP contribution >= 0.6 is 27.5 Å². The summed E-state index contributed by atoms with van der Waals surface area (Å²) in [5.74, 6) is 0.688. The van der Waals surface area contributed by atoms with Crippen molar-refractivity contribution in [1.82, 2.24) is 4.98 Å². The molecule has 0 saturated heterocycles. The minimum atomic E-state index is 0.688. The van der Waals surface area contributed by atoms with Crippen LogP contribution in [0.2, 0.25) is 0 Å². The highest BCUT2D eigenvalue weighted by molar-refractivity contribution is 9.10. The molecule has 0 radical (unpaired) electrons. The van der Waals surface area contributed by atoms with Crippen molar-refractivity contribution >= 4 is 27.5 Å². The lowest BCUT2D eigenvalue weighted by Gasteiger charge is -1.95. The van der Waals surface area contributed by atoms with Gasteiger partial charge in [0, 0.05) is 22.7 Å². The van der Waals surface area contributed by atoms with Crippen LogP contribution in [-0.4, -0.2) is 10.9 Å². The van der Waals surface area contributed by atoms with Crippen molar-refractivity contribution in [3.63, 3.8) is 0 Å². The zero-order valence-corrected chi connectivity index (χ0v) is 9.55. The topological polar surface area (TPSA) is 12.9 Å². The van der Waals surface area contributed by atoms with Gasteiger partial charge in [-0.15, -0.1) is 11.6 Å². The molecule has 1 aromatic rings. The number of pyridine rings is 1. The minimum absolute atomic E-state index is 0.688. The molecule has 0 N–H and O–H groups in total. The number of aromatic nitrogens is 1. The van der Waals surface area contributed by atoms with Gasteiger partial charge >= 0.3 is 0 Å². The third-order valence-electron chi connectivity index (χ3n) is 1.56. The number of halogens is 2. The van der Waals surface area contributed by atoms with Gasteiger partial charge in [0.15, 0.2) is 0 Å². The molecule has 0 unspecified atom stereocenters. The highest BCUT2D eigenvalue weighted by atomic mass is 79.9. The van der Waals surface area contributed by atoms with E-state index < -0.39 is 0 Å². The Balaban J connectivity index is 2.45. The first-order valence-corrected chi connectivity index (χ1v) is 5.46. The molecule has 0 aliphatic heterocycles. The van der Waals surface area contributed by atoms with Crippen molar-refractivity contribution in [3.8, 4) is 0 Å². The van der Waals surface area contributed by atoms with Crippen LogP contribution in [0.4, 0.5) is 0 Å². The van der Waals surface area contributed by atoms with E-state index >= 15 is 0 Å². The fourth-order valence-corrected chi connectivity index (χ4v) is 1.51. The number of allylic oxidation sites excluding steroid dienone is 2. The standard InChI is InChI=1S/C10H11BrClN/c11-10-6-9(7-13-8-10)4-2-1-3-5-12/h1-2,6-8H,3-5H2/b2-1+. The second-order valence-corrected chi connectivity index (χ2v) is 3.96. The van der Waals surface area contributed by atoms with Crippen LogP contribution in [0.1, 0.15) is 12.0 Å². The maximum atomic E-state index is 5.54. The SMILES string of the molecule is ClCC/C=C/Cc1cncc(Br)c1. The molecule has 0 fully saturated rings. The summed E-state index contributed by atoms with van der Waals surface area (Å²) >= 11 is 8.91. The fraction of sp³-hybridized carbons (Fsp3) is 0.300. The molecule has 1 rings (SSSR count). The van der Waals surface area contributed by atoms with Crippen molar-refractivity contribution in [3.05, 3.63) is 40.6 Å². The summed E-state index contributed by atoms with van der Waals surface area (Å²) in [5, 5.41) is 0. The van der Waals surface area contributed by atoms with E-state index in [4.69, 9.17) is 11.6 Å². The minimum Gasteiger partial charge on any atom is -0.263 e. The molecule has 13 heavy (non-hydrogen) atoms. The molecule has 0 aliphatic rings. The van der Waals surface area contributed by atoms with Gasteiger partial charge < -0.3 is 0 Å². The van der Waals surface area contributed by atoms with Crippen molar-refractivity contribution < 1.29 is 0 Å². The molecule has 1 aromatic heterocycles. The Morgan fingerprint density at radius 1 is 1.38 bits per heavy atom. The number of rotatable bonds is 4. The largest absolute Gasteiger partial charge is 0.263 e. The molecule has 0 aliphatic carbocycles. The summed E-state index contributed by atoms with van der Waals surface area (Å²) in [6, 6.07) is 2.07. The highest BCUT2D eigenvalue weighted by Crippen LogP contribution is 2.10. The third kappa shape index (κ3) is 4.44. The van der Waals surface area contributed by atoms with Crippen molar-refractivity contribution in [1.29, 1.82) is 0 Å². The Bertz CT molecular complexity index is 286. The summed E-state index contributed by atoms with van der Waals surface area (Å²) < 4.78 is 1.02. The third-order valence-corrected chi connectivity index (χ3v) is 2.21. The molecule has 1 nitrogen and oxygen atoms in total. The molecule has 0 bridgehead atoms. The van der Waals surface area contributed by atoms with E-state index in [0.717, 1.165) is 17.3 Å². The molecular weight excluding hydrogens is 249 g/mol. The molecule has 0 atom stereocenters. The second-order valence-electron chi connectivity index (χ2n) is 2.66. The molecule has 0 saturated carbocycles. The van der Waals surface area contributed by atoms with Crippen LogP contribution < -0.4 is 0 Å². The zero-order chi connectivity index (χ0) is 9.52. The first-order valence-electron chi connectivity index (χ1n) is 4.13. The lowest BCUT2D eigenvalue weighted by molar-refractivity contribution is 1.15. The quantitative estimate of drug-likeness (QED) is 0.596. The average molecular weight is 261 g/mol. The molecule has 0 spiro atoms. The van der Waals surface area contributed by atoms with E-state index in [1.165, 1.54) is 5.56 Å². The van der Waals surface area contributed by atoms with Crippen LogP contribution in [0.3, 0.4) is 0 Å². The lowest BCUT2D eigenvalue weighted by atomic mass is 10.2. The lowest BCUT2D eigenvalue weighted by Crippen LogP contribution is -1.83. The predicted molar refractivity (Wildman–Crippen MR) is 60.1 cm³/mol. The maximum absolute atomic E-state index is 5.54. The molecular formula is C10H11BrClN. The van der Waals surface area contributed by atoms with Gasteiger partial charge in [0.05, 0.1) is 0 Å². The molecule has 1 heterocycles. The van der Waals surface area contributed by atoms with Gasteiger partial charge in [0.25, 0.3) is 0 Å². The normalized spacial score (nSPS) is 10.9. The van der Waals surface area contributed by atoms with E-state index in [9.17, 15) is 0 Å². The van der Waals surface area contributed by atoms with E-state index in [0.29, 0.717) is 5.88 Å². The van der Waals surface area contributed by atoms with Gasteiger partial charge in [-0.1, -0.05) is 12.2 Å². The smallest absolute Gasteiger partial charge is 0.0410 e. The number of hydrogen-bond acceptors (Lipinski definition) is 1. The summed E-state index contributed by atoms with van der Waals surface area (Å²) in [5.41, 5.74) is 1.21. The Labute approximate surface area is 92.0 Å². The van der Waals surface area contributed by atoms with E-state index in [2.05, 4.69) is 39.1 Å². The fourth-order valence-electron chi connectivity index (χ4n) is 0.968. The van der Waals surface area contributed by atoms with Crippen LogP contribution in [-0.2, 0) is 6.42 Å². The molecule has 0 aromatic carbocycles. The van der Waals surface area contributed by atoms with Crippen LogP contribution in [0.25, 0.3) is 0 Å². The Morgan fingerprint density at radius 3 is 2.92 bits per heavy atom. The van der Waals surface area contributed by atoms with Gasteiger partial charge in [-0.25, -0.2) is 0 Å². The number of alkyl halides is 1.